The molecule has 0 radical (unpaired) electrons. The number of fused-ring (bicyclic) bond motifs is 1. The van der Waals surface area contributed by atoms with Crippen LogP contribution in [0.2, 0.25) is 0 Å². The summed E-state index contributed by atoms with van der Waals surface area (Å²) in [5, 5.41) is 10.2. The average molecular weight is 436 g/mol. The van der Waals surface area contributed by atoms with Crippen molar-refractivity contribution in [3.63, 3.8) is 0 Å². The second-order valence-corrected chi connectivity index (χ2v) is 8.29. The molecule has 0 bridgehead atoms. The standard InChI is InChI=1S/C22H29FN2O6/c23-16-3-1-15(2-4-16)22(28)25-12-17(26)13-30-14-20-19(25)6-5-18(31-20)11-21(27)24-7-9-29-10-8-24/h1-4,17-20,26H,5-14H2/t17-,18+,19+,20-/m1/s1. The lowest BCUT2D eigenvalue weighted by molar-refractivity contribution is -0.156. The van der Waals surface area contributed by atoms with Crippen LogP contribution in [0, 0.1) is 5.82 Å². The molecule has 4 rings (SSSR count). The molecule has 3 heterocycles. The zero-order valence-corrected chi connectivity index (χ0v) is 17.5. The van der Waals surface area contributed by atoms with Gasteiger partial charge in [0.15, 0.2) is 0 Å². The maximum Gasteiger partial charge on any atom is 0.254 e. The third-order valence-corrected chi connectivity index (χ3v) is 6.10. The van der Waals surface area contributed by atoms with E-state index in [4.69, 9.17) is 14.2 Å². The van der Waals surface area contributed by atoms with Gasteiger partial charge in [-0.3, -0.25) is 9.59 Å². The van der Waals surface area contributed by atoms with Crippen LogP contribution in [-0.4, -0.2) is 97.1 Å². The Hall–Kier alpha value is -2.07. The Kier molecular flexibility index (Phi) is 7.16. The van der Waals surface area contributed by atoms with Crippen LogP contribution in [-0.2, 0) is 19.0 Å². The topological polar surface area (TPSA) is 88.5 Å². The van der Waals surface area contributed by atoms with Crippen LogP contribution < -0.4 is 0 Å². The summed E-state index contributed by atoms with van der Waals surface area (Å²) in [6, 6.07) is 5.10. The number of aliphatic hydroxyl groups is 1. The van der Waals surface area contributed by atoms with E-state index in [0.717, 1.165) is 0 Å². The van der Waals surface area contributed by atoms with E-state index < -0.39 is 18.0 Å². The highest BCUT2D eigenvalue weighted by atomic mass is 19.1. The third kappa shape index (κ3) is 5.41. The first-order valence-electron chi connectivity index (χ1n) is 10.8. The number of carbonyl (C=O) groups is 2. The second-order valence-electron chi connectivity index (χ2n) is 8.29. The van der Waals surface area contributed by atoms with Crippen molar-refractivity contribution in [1.29, 1.82) is 0 Å². The summed E-state index contributed by atoms with van der Waals surface area (Å²) in [5.41, 5.74) is 0.360. The molecule has 2 amide bonds. The number of β-amino-alcohol motifs (C(OH)–C–C–N with tert-alkyl or cyclic N) is 1. The summed E-state index contributed by atoms with van der Waals surface area (Å²) in [5.74, 6) is -0.639. The van der Waals surface area contributed by atoms with E-state index in [9.17, 15) is 19.1 Å². The first kappa shape index (κ1) is 22.1. The van der Waals surface area contributed by atoms with E-state index in [1.165, 1.54) is 24.3 Å². The highest BCUT2D eigenvalue weighted by molar-refractivity contribution is 5.94. The monoisotopic (exact) mass is 436 g/mol. The van der Waals surface area contributed by atoms with E-state index in [-0.39, 0.29) is 50.1 Å². The fourth-order valence-electron chi connectivity index (χ4n) is 4.47. The van der Waals surface area contributed by atoms with Gasteiger partial charge < -0.3 is 29.1 Å². The molecular formula is C22H29FN2O6. The Bertz CT molecular complexity index is 770. The van der Waals surface area contributed by atoms with Crippen LogP contribution in [0.5, 0.6) is 0 Å². The molecule has 4 atom stereocenters. The molecule has 0 spiro atoms. The Morgan fingerprint density at radius 3 is 2.55 bits per heavy atom. The van der Waals surface area contributed by atoms with E-state index in [2.05, 4.69) is 0 Å². The minimum atomic E-state index is -0.814. The minimum absolute atomic E-state index is 0.0492. The van der Waals surface area contributed by atoms with Gasteiger partial charge in [-0.2, -0.15) is 0 Å². The highest BCUT2D eigenvalue weighted by Crippen LogP contribution is 2.29. The van der Waals surface area contributed by atoms with Crippen molar-refractivity contribution in [1.82, 2.24) is 9.80 Å². The molecule has 3 aliphatic rings. The van der Waals surface area contributed by atoms with Gasteiger partial charge in [-0.1, -0.05) is 0 Å². The van der Waals surface area contributed by atoms with E-state index in [1.54, 1.807) is 9.80 Å². The SMILES string of the molecule is O=C(C[C@@H]1CC[C@H]2[C@@H](COC[C@H](O)CN2C(=O)c2ccc(F)cc2)O1)N1CCOCC1. The number of amides is 2. The van der Waals surface area contributed by atoms with Crippen LogP contribution >= 0.6 is 0 Å². The fraction of sp³-hybridized carbons (Fsp3) is 0.636. The number of hydrogen-bond acceptors (Lipinski definition) is 6. The smallest absolute Gasteiger partial charge is 0.254 e. The Morgan fingerprint density at radius 2 is 1.81 bits per heavy atom. The first-order chi connectivity index (χ1) is 15.0. The first-order valence-corrected chi connectivity index (χ1v) is 10.8. The van der Waals surface area contributed by atoms with Gasteiger partial charge in [-0.15, -0.1) is 0 Å². The summed E-state index contributed by atoms with van der Waals surface area (Å²) in [7, 11) is 0. The molecule has 31 heavy (non-hydrogen) atoms. The van der Waals surface area contributed by atoms with E-state index in [0.29, 0.717) is 44.7 Å². The van der Waals surface area contributed by atoms with Gasteiger partial charge >= 0.3 is 0 Å². The lowest BCUT2D eigenvalue weighted by atomic mass is 9.94. The number of morpholine rings is 1. The van der Waals surface area contributed by atoms with E-state index >= 15 is 0 Å². The fourth-order valence-corrected chi connectivity index (χ4v) is 4.47. The van der Waals surface area contributed by atoms with Gasteiger partial charge in [0.05, 0.1) is 51.1 Å². The molecule has 0 aromatic heterocycles. The zero-order chi connectivity index (χ0) is 21.8. The number of ether oxygens (including phenoxy) is 3. The summed E-state index contributed by atoms with van der Waals surface area (Å²) < 4.78 is 30.4. The molecular weight excluding hydrogens is 407 g/mol. The van der Waals surface area contributed by atoms with Crippen molar-refractivity contribution in [3.05, 3.63) is 35.6 Å². The zero-order valence-electron chi connectivity index (χ0n) is 17.5. The van der Waals surface area contributed by atoms with Crippen molar-refractivity contribution >= 4 is 11.8 Å². The van der Waals surface area contributed by atoms with Crippen LogP contribution in [0.4, 0.5) is 4.39 Å². The lowest BCUT2D eigenvalue weighted by Gasteiger charge is -2.44. The molecule has 1 aromatic rings. The van der Waals surface area contributed by atoms with Crippen molar-refractivity contribution in [2.45, 2.75) is 43.6 Å². The van der Waals surface area contributed by atoms with Crippen LogP contribution in [0.15, 0.2) is 24.3 Å². The van der Waals surface area contributed by atoms with Gasteiger partial charge in [0.1, 0.15) is 11.9 Å². The molecule has 3 aliphatic heterocycles. The Morgan fingerprint density at radius 1 is 1.06 bits per heavy atom. The number of rotatable bonds is 3. The maximum absolute atomic E-state index is 13.3. The number of nitrogens with zero attached hydrogens (tertiary/aromatic N) is 2. The van der Waals surface area contributed by atoms with Gasteiger partial charge in [0.2, 0.25) is 5.91 Å². The van der Waals surface area contributed by atoms with E-state index in [1.807, 2.05) is 0 Å². The number of benzene rings is 1. The summed E-state index contributed by atoms with van der Waals surface area (Å²) >= 11 is 0. The van der Waals surface area contributed by atoms with Crippen molar-refractivity contribution in [3.8, 4) is 0 Å². The van der Waals surface area contributed by atoms with Gasteiger partial charge in [0, 0.05) is 25.2 Å². The van der Waals surface area contributed by atoms with Gasteiger partial charge in [0.25, 0.3) is 5.91 Å². The number of aliphatic hydroxyl groups excluding tert-OH is 1. The van der Waals surface area contributed by atoms with Gasteiger partial charge in [-0.25, -0.2) is 4.39 Å². The summed E-state index contributed by atoms with van der Waals surface area (Å²) in [4.78, 5) is 29.2. The average Bonchev–Trinajstić information content (AvgIpc) is 2.77. The molecule has 1 N–H and O–H groups in total. The number of hydrogen-bond donors (Lipinski definition) is 1. The molecule has 8 nitrogen and oxygen atoms in total. The molecule has 1 aromatic carbocycles. The lowest BCUT2D eigenvalue weighted by Crippen LogP contribution is -2.57. The molecule has 9 heteroatoms. The molecule has 0 unspecified atom stereocenters. The summed E-state index contributed by atoms with van der Waals surface area (Å²) in [6.45, 7) is 2.74. The van der Waals surface area contributed by atoms with Crippen molar-refractivity contribution in [2.75, 3.05) is 46.1 Å². The molecule has 3 saturated heterocycles. The Labute approximate surface area is 180 Å². The highest BCUT2D eigenvalue weighted by Gasteiger charge is 2.40. The van der Waals surface area contributed by atoms with Crippen LogP contribution in [0.25, 0.3) is 0 Å². The van der Waals surface area contributed by atoms with Crippen molar-refractivity contribution < 1.29 is 33.3 Å². The maximum atomic E-state index is 13.3. The van der Waals surface area contributed by atoms with Gasteiger partial charge in [-0.05, 0) is 37.1 Å². The van der Waals surface area contributed by atoms with Crippen molar-refractivity contribution in [2.24, 2.45) is 0 Å². The largest absolute Gasteiger partial charge is 0.389 e. The van der Waals surface area contributed by atoms with Crippen LogP contribution in [0.3, 0.4) is 0 Å². The predicted octanol–water partition coefficient (Wildman–Crippen LogP) is 0.824. The molecule has 0 saturated carbocycles. The second kappa shape index (κ2) is 10.0. The Balaban J connectivity index is 1.44. The number of carbonyl (C=O) groups excluding carboxylic acids is 2. The third-order valence-electron chi connectivity index (χ3n) is 6.10. The summed E-state index contributed by atoms with van der Waals surface area (Å²) in [6.07, 6.45) is 0.0963. The quantitative estimate of drug-likeness (QED) is 0.755. The van der Waals surface area contributed by atoms with Crippen LogP contribution in [0.1, 0.15) is 29.6 Å². The number of halogens is 1. The molecule has 3 fully saturated rings. The minimum Gasteiger partial charge on any atom is -0.389 e. The normalized spacial score (nSPS) is 29.6. The predicted molar refractivity (Wildman–Crippen MR) is 108 cm³/mol. The molecule has 170 valence electrons. The molecule has 0 aliphatic carbocycles.